The van der Waals surface area contributed by atoms with Crippen molar-refractivity contribution in [1.29, 1.82) is 0 Å². The van der Waals surface area contributed by atoms with E-state index < -0.39 is 0 Å². The van der Waals surface area contributed by atoms with Crippen LogP contribution < -0.4 is 10.2 Å². The Kier molecular flexibility index (Phi) is 7.16. The maximum absolute atomic E-state index is 12.6. The monoisotopic (exact) mass is 341 g/mol. The van der Waals surface area contributed by atoms with E-state index in [1.165, 1.54) is 4.90 Å². The van der Waals surface area contributed by atoms with Crippen LogP contribution in [0.5, 0.6) is 0 Å². The molecule has 2 aromatic carbocycles. The largest absolute Gasteiger partial charge is 0.374 e. The Labute approximate surface area is 150 Å². The van der Waals surface area contributed by atoms with Gasteiger partial charge in [-0.15, -0.1) is 0 Å². The highest BCUT2D eigenvalue weighted by molar-refractivity contribution is 5.94. The molecule has 0 heterocycles. The molecule has 0 aliphatic carbocycles. The van der Waals surface area contributed by atoms with Gasteiger partial charge in [-0.05, 0) is 37.1 Å². The van der Waals surface area contributed by atoms with Gasteiger partial charge in [0.15, 0.2) is 0 Å². The Balaban J connectivity index is 2.05. The second kappa shape index (κ2) is 9.35. The highest BCUT2D eigenvalue weighted by atomic mass is 16.5. The summed E-state index contributed by atoms with van der Waals surface area (Å²) in [7, 11) is 4.18. The number of ether oxygens (including phenoxy) is 1. The third-order valence-electron chi connectivity index (χ3n) is 3.92. The number of hydrogen-bond acceptors (Lipinski definition) is 2. The second-order valence-electron chi connectivity index (χ2n) is 6.90. The Morgan fingerprint density at radius 3 is 2.24 bits per heavy atom. The van der Waals surface area contributed by atoms with Crippen molar-refractivity contribution in [3.8, 4) is 0 Å². The van der Waals surface area contributed by atoms with E-state index in [-0.39, 0.29) is 18.1 Å². The molecule has 0 aromatic heterocycles. The minimum Gasteiger partial charge on any atom is -0.374 e. The van der Waals surface area contributed by atoms with E-state index in [0.717, 1.165) is 17.7 Å². The molecule has 0 unspecified atom stereocenters. The van der Waals surface area contributed by atoms with Crippen molar-refractivity contribution in [1.82, 2.24) is 5.32 Å². The quantitative estimate of drug-likeness (QED) is 0.773. The molecule has 4 heteroatoms. The number of benzene rings is 2. The maximum Gasteiger partial charge on any atom is 0.251 e. The molecule has 134 valence electrons. The van der Waals surface area contributed by atoms with E-state index in [9.17, 15) is 4.79 Å². The lowest BCUT2D eigenvalue weighted by Crippen LogP contribution is -3.06. The predicted molar refractivity (Wildman–Crippen MR) is 101 cm³/mol. The normalized spacial score (nSPS) is 12.4. The number of hydrogen-bond donors (Lipinski definition) is 2. The summed E-state index contributed by atoms with van der Waals surface area (Å²) in [5.41, 5.74) is 2.87. The van der Waals surface area contributed by atoms with Crippen LogP contribution in [0.1, 0.15) is 41.4 Å². The zero-order valence-electron chi connectivity index (χ0n) is 15.6. The van der Waals surface area contributed by atoms with Crippen LogP contribution in [0.4, 0.5) is 0 Å². The van der Waals surface area contributed by atoms with Gasteiger partial charge in [0, 0.05) is 5.56 Å². The van der Waals surface area contributed by atoms with Gasteiger partial charge in [0.25, 0.3) is 5.91 Å². The van der Waals surface area contributed by atoms with Crippen LogP contribution in [-0.4, -0.2) is 32.7 Å². The molecule has 0 radical (unpaired) electrons. The summed E-state index contributed by atoms with van der Waals surface area (Å²) in [4.78, 5) is 13.9. The summed E-state index contributed by atoms with van der Waals surface area (Å²) in [5, 5.41) is 3.16. The highest BCUT2D eigenvalue weighted by Crippen LogP contribution is 2.13. The van der Waals surface area contributed by atoms with E-state index in [1.54, 1.807) is 0 Å². The lowest BCUT2D eigenvalue weighted by molar-refractivity contribution is -0.860. The SMILES string of the molecule is CC(C)OCc1ccc(C(=O)N[C@H](C[NH+](C)C)c2ccccc2)cc1. The fourth-order valence-electron chi connectivity index (χ4n) is 2.60. The van der Waals surface area contributed by atoms with E-state index in [0.29, 0.717) is 12.2 Å². The fraction of sp³-hybridized carbons (Fsp3) is 0.381. The summed E-state index contributed by atoms with van der Waals surface area (Å²) in [6, 6.07) is 17.7. The standard InChI is InChI=1S/C21H28N2O2/c1-16(2)25-15-17-10-12-19(13-11-17)21(24)22-20(14-23(3)4)18-8-6-5-7-9-18/h5-13,16,20H,14-15H2,1-4H3,(H,22,24)/p+1/t20-/m1/s1. The Morgan fingerprint density at radius 2 is 1.68 bits per heavy atom. The van der Waals surface area contributed by atoms with Crippen molar-refractivity contribution < 1.29 is 14.4 Å². The first-order valence-corrected chi connectivity index (χ1v) is 8.81. The average molecular weight is 341 g/mol. The summed E-state index contributed by atoms with van der Waals surface area (Å²) in [6.07, 6.45) is 0.197. The summed E-state index contributed by atoms with van der Waals surface area (Å²) < 4.78 is 5.59. The lowest BCUT2D eigenvalue weighted by Gasteiger charge is -2.21. The number of quaternary nitrogens is 1. The van der Waals surface area contributed by atoms with Gasteiger partial charge in [-0.3, -0.25) is 4.79 Å². The van der Waals surface area contributed by atoms with Crippen LogP contribution in [-0.2, 0) is 11.3 Å². The van der Waals surface area contributed by atoms with Gasteiger partial charge in [0.05, 0.1) is 26.8 Å². The lowest BCUT2D eigenvalue weighted by atomic mass is 10.1. The Bertz CT molecular complexity index is 651. The molecule has 0 fully saturated rings. The molecule has 0 spiro atoms. The molecule has 1 atom stereocenters. The van der Waals surface area contributed by atoms with E-state index in [4.69, 9.17) is 4.74 Å². The van der Waals surface area contributed by atoms with Gasteiger partial charge in [0.1, 0.15) is 12.6 Å². The second-order valence-corrected chi connectivity index (χ2v) is 6.90. The van der Waals surface area contributed by atoms with Crippen LogP contribution in [0.2, 0.25) is 0 Å². The van der Waals surface area contributed by atoms with Gasteiger partial charge in [-0.25, -0.2) is 0 Å². The molecular formula is C21H29N2O2+. The van der Waals surface area contributed by atoms with Crippen LogP contribution in [0, 0.1) is 0 Å². The first kappa shape index (κ1) is 19.2. The van der Waals surface area contributed by atoms with Crippen LogP contribution in [0.25, 0.3) is 0 Å². The number of carbonyl (C=O) groups excluding carboxylic acids is 1. The van der Waals surface area contributed by atoms with Crippen LogP contribution >= 0.6 is 0 Å². The minimum absolute atomic E-state index is 0.0114. The molecule has 2 aromatic rings. The van der Waals surface area contributed by atoms with Crippen molar-refractivity contribution in [2.24, 2.45) is 0 Å². The van der Waals surface area contributed by atoms with Crippen molar-refractivity contribution in [3.63, 3.8) is 0 Å². The molecule has 25 heavy (non-hydrogen) atoms. The molecule has 2 N–H and O–H groups in total. The van der Waals surface area contributed by atoms with E-state index in [1.807, 2.05) is 56.3 Å². The highest BCUT2D eigenvalue weighted by Gasteiger charge is 2.18. The van der Waals surface area contributed by atoms with Gasteiger partial charge in [-0.2, -0.15) is 0 Å². The van der Waals surface area contributed by atoms with E-state index in [2.05, 4.69) is 31.5 Å². The summed E-state index contributed by atoms with van der Waals surface area (Å²) in [5.74, 6) is -0.0496. The predicted octanol–water partition coefficient (Wildman–Crippen LogP) is 2.23. The number of carbonyl (C=O) groups is 1. The van der Waals surface area contributed by atoms with Crippen molar-refractivity contribution in [2.75, 3.05) is 20.6 Å². The fourth-order valence-corrected chi connectivity index (χ4v) is 2.60. The molecule has 1 amide bonds. The Morgan fingerprint density at radius 1 is 1.04 bits per heavy atom. The van der Waals surface area contributed by atoms with Crippen molar-refractivity contribution in [2.45, 2.75) is 32.6 Å². The van der Waals surface area contributed by atoms with Crippen LogP contribution in [0.15, 0.2) is 54.6 Å². The average Bonchev–Trinajstić information content (AvgIpc) is 2.60. The molecule has 0 saturated carbocycles. The van der Waals surface area contributed by atoms with E-state index >= 15 is 0 Å². The molecule has 0 aliphatic rings. The number of amides is 1. The first-order chi connectivity index (χ1) is 12.0. The van der Waals surface area contributed by atoms with Gasteiger partial charge >= 0.3 is 0 Å². The van der Waals surface area contributed by atoms with Gasteiger partial charge in [0.2, 0.25) is 0 Å². The number of likely N-dealkylation sites (N-methyl/N-ethyl adjacent to an activating group) is 1. The van der Waals surface area contributed by atoms with Gasteiger partial charge in [-0.1, -0.05) is 42.5 Å². The molecule has 0 bridgehead atoms. The zero-order chi connectivity index (χ0) is 18.2. The summed E-state index contributed by atoms with van der Waals surface area (Å²) in [6.45, 7) is 5.42. The van der Waals surface area contributed by atoms with Crippen LogP contribution in [0.3, 0.4) is 0 Å². The topological polar surface area (TPSA) is 42.8 Å². The Hall–Kier alpha value is -2.17. The third kappa shape index (κ3) is 6.33. The molecule has 0 aliphatic heterocycles. The zero-order valence-corrected chi connectivity index (χ0v) is 15.6. The third-order valence-corrected chi connectivity index (χ3v) is 3.92. The van der Waals surface area contributed by atoms with Crippen molar-refractivity contribution in [3.05, 3.63) is 71.3 Å². The number of rotatable bonds is 8. The van der Waals surface area contributed by atoms with Gasteiger partial charge < -0.3 is 15.0 Å². The summed E-state index contributed by atoms with van der Waals surface area (Å²) >= 11 is 0. The number of nitrogens with one attached hydrogen (secondary N) is 2. The first-order valence-electron chi connectivity index (χ1n) is 8.81. The smallest absolute Gasteiger partial charge is 0.251 e. The maximum atomic E-state index is 12.6. The molecule has 0 saturated heterocycles. The molecule has 2 rings (SSSR count). The molecular weight excluding hydrogens is 312 g/mol. The molecule has 4 nitrogen and oxygen atoms in total. The minimum atomic E-state index is -0.0496. The van der Waals surface area contributed by atoms with Crippen molar-refractivity contribution >= 4 is 5.91 Å².